The number of carbonyl (C=O) groups excluding carboxylic acids is 2. The van der Waals surface area contributed by atoms with Crippen LogP contribution in [0.25, 0.3) is 0 Å². The van der Waals surface area contributed by atoms with E-state index in [1.54, 1.807) is 12.0 Å². The lowest BCUT2D eigenvalue weighted by atomic mass is 10.2. The van der Waals surface area contributed by atoms with Crippen LogP contribution >= 0.6 is 0 Å². The molecule has 0 radical (unpaired) electrons. The number of benzene rings is 2. The Bertz CT molecular complexity index is 793. The van der Waals surface area contributed by atoms with Gasteiger partial charge in [-0.15, -0.1) is 0 Å². The maximum absolute atomic E-state index is 12.5. The first-order valence-corrected chi connectivity index (χ1v) is 8.84. The van der Waals surface area contributed by atoms with Crippen molar-refractivity contribution >= 4 is 17.5 Å². The Labute approximate surface area is 163 Å². The van der Waals surface area contributed by atoms with Gasteiger partial charge in [0.1, 0.15) is 0 Å². The molecular formula is C20H23N3O5. The van der Waals surface area contributed by atoms with Gasteiger partial charge in [0.05, 0.1) is 11.5 Å². The van der Waals surface area contributed by atoms with E-state index in [-0.39, 0.29) is 30.5 Å². The van der Waals surface area contributed by atoms with Gasteiger partial charge in [0.25, 0.3) is 11.6 Å². The molecule has 0 heterocycles. The summed E-state index contributed by atoms with van der Waals surface area (Å²) in [6, 6.07) is 15.0. The number of hydrogen-bond acceptors (Lipinski definition) is 5. The first-order chi connectivity index (χ1) is 13.5. The number of methoxy groups -OCH3 is 1. The molecule has 0 atom stereocenters. The Morgan fingerprint density at radius 1 is 1.11 bits per heavy atom. The number of hydrogen-bond donors (Lipinski definition) is 1. The first-order valence-electron chi connectivity index (χ1n) is 8.84. The lowest BCUT2D eigenvalue weighted by Gasteiger charge is -2.22. The van der Waals surface area contributed by atoms with Crippen molar-refractivity contribution in [2.75, 3.05) is 26.8 Å². The van der Waals surface area contributed by atoms with E-state index in [1.165, 1.54) is 24.3 Å². The second-order valence-corrected chi connectivity index (χ2v) is 6.10. The van der Waals surface area contributed by atoms with Crippen LogP contribution in [0.1, 0.15) is 22.3 Å². The molecule has 2 amide bonds. The minimum absolute atomic E-state index is 0.0820. The SMILES string of the molecule is COCCN(Cc1ccccc1)C(=O)CCNC(=O)c1ccc([N+](=O)[O-])cc1. The Hall–Kier alpha value is -3.26. The average Bonchev–Trinajstić information content (AvgIpc) is 2.71. The normalized spacial score (nSPS) is 10.3. The number of ether oxygens (including phenoxy) is 1. The number of non-ortho nitro benzene ring substituents is 1. The fraction of sp³-hybridized carbons (Fsp3) is 0.300. The Kier molecular flexibility index (Phi) is 8.11. The molecule has 0 unspecified atom stereocenters. The van der Waals surface area contributed by atoms with E-state index in [2.05, 4.69) is 5.32 Å². The summed E-state index contributed by atoms with van der Waals surface area (Å²) in [7, 11) is 1.58. The fourth-order valence-corrected chi connectivity index (χ4v) is 2.57. The first kappa shape index (κ1) is 21.0. The lowest BCUT2D eigenvalue weighted by Crippen LogP contribution is -2.36. The van der Waals surface area contributed by atoms with Gasteiger partial charge in [-0.3, -0.25) is 19.7 Å². The summed E-state index contributed by atoms with van der Waals surface area (Å²) >= 11 is 0. The van der Waals surface area contributed by atoms with Gasteiger partial charge in [-0.25, -0.2) is 0 Å². The van der Waals surface area contributed by atoms with E-state index in [9.17, 15) is 19.7 Å². The summed E-state index contributed by atoms with van der Waals surface area (Å²) in [5.41, 5.74) is 1.24. The number of nitrogens with zero attached hydrogens (tertiary/aromatic N) is 2. The van der Waals surface area contributed by atoms with Crippen molar-refractivity contribution in [1.82, 2.24) is 10.2 Å². The molecule has 0 saturated carbocycles. The highest BCUT2D eigenvalue weighted by Gasteiger charge is 2.15. The molecule has 2 aromatic carbocycles. The van der Waals surface area contributed by atoms with E-state index in [4.69, 9.17) is 4.74 Å². The molecule has 0 aliphatic carbocycles. The van der Waals surface area contributed by atoms with Gasteiger partial charge in [0.15, 0.2) is 0 Å². The maximum Gasteiger partial charge on any atom is 0.269 e. The Balaban J connectivity index is 1.86. The summed E-state index contributed by atoms with van der Waals surface area (Å²) in [5, 5.41) is 13.3. The molecule has 2 rings (SSSR count). The van der Waals surface area contributed by atoms with Crippen molar-refractivity contribution in [2.45, 2.75) is 13.0 Å². The summed E-state index contributed by atoms with van der Waals surface area (Å²) in [4.78, 5) is 36.5. The molecule has 0 aliphatic rings. The van der Waals surface area contributed by atoms with Gasteiger partial charge in [0.2, 0.25) is 5.91 Å². The molecule has 0 spiro atoms. The number of amides is 2. The minimum Gasteiger partial charge on any atom is -0.383 e. The smallest absolute Gasteiger partial charge is 0.269 e. The number of nitrogens with one attached hydrogen (secondary N) is 1. The van der Waals surface area contributed by atoms with Crippen molar-refractivity contribution in [3.63, 3.8) is 0 Å². The van der Waals surface area contributed by atoms with Crippen LogP contribution in [0.4, 0.5) is 5.69 Å². The van der Waals surface area contributed by atoms with Crippen LogP contribution in [0.5, 0.6) is 0 Å². The third kappa shape index (κ3) is 6.48. The maximum atomic E-state index is 12.5. The molecule has 0 saturated heterocycles. The number of nitro benzene ring substituents is 1. The van der Waals surface area contributed by atoms with Gasteiger partial charge in [-0.05, 0) is 17.7 Å². The summed E-state index contributed by atoms with van der Waals surface area (Å²) in [6.07, 6.45) is 0.148. The van der Waals surface area contributed by atoms with Crippen LogP contribution in [-0.4, -0.2) is 48.4 Å². The van der Waals surface area contributed by atoms with Gasteiger partial charge in [-0.1, -0.05) is 30.3 Å². The van der Waals surface area contributed by atoms with Crippen LogP contribution < -0.4 is 5.32 Å². The van der Waals surface area contributed by atoms with E-state index >= 15 is 0 Å². The Morgan fingerprint density at radius 3 is 2.39 bits per heavy atom. The average molecular weight is 385 g/mol. The zero-order chi connectivity index (χ0) is 20.4. The third-order valence-electron chi connectivity index (χ3n) is 4.10. The molecule has 0 aromatic heterocycles. The summed E-state index contributed by atoms with van der Waals surface area (Å²) in [6.45, 7) is 1.53. The summed E-state index contributed by atoms with van der Waals surface area (Å²) in [5.74, 6) is -0.473. The standard InChI is InChI=1S/C20H23N3O5/c1-28-14-13-22(15-16-5-3-2-4-6-16)19(24)11-12-21-20(25)17-7-9-18(10-8-17)23(26)27/h2-10H,11-15H2,1H3,(H,21,25). The minimum atomic E-state index is -0.526. The van der Waals surface area contributed by atoms with Gasteiger partial charge in [0, 0.05) is 50.9 Å². The fourth-order valence-electron chi connectivity index (χ4n) is 2.57. The molecule has 8 heteroatoms. The van der Waals surface area contributed by atoms with Crippen LogP contribution in [0.2, 0.25) is 0 Å². The molecule has 2 aromatic rings. The molecular weight excluding hydrogens is 362 g/mol. The second kappa shape index (κ2) is 10.8. The lowest BCUT2D eigenvalue weighted by molar-refractivity contribution is -0.384. The summed E-state index contributed by atoms with van der Waals surface area (Å²) < 4.78 is 5.08. The molecule has 0 bridgehead atoms. The largest absolute Gasteiger partial charge is 0.383 e. The van der Waals surface area contributed by atoms with Gasteiger partial charge >= 0.3 is 0 Å². The van der Waals surface area contributed by atoms with Crippen LogP contribution in [0.3, 0.4) is 0 Å². The topological polar surface area (TPSA) is 102 Å². The molecule has 0 aliphatic heterocycles. The number of nitro groups is 1. The van der Waals surface area contributed by atoms with E-state index in [1.807, 2.05) is 30.3 Å². The highest BCUT2D eigenvalue weighted by atomic mass is 16.6. The van der Waals surface area contributed by atoms with Crippen molar-refractivity contribution < 1.29 is 19.2 Å². The number of carbonyl (C=O) groups is 2. The molecule has 0 fully saturated rings. The predicted molar refractivity (Wildman–Crippen MR) is 104 cm³/mol. The zero-order valence-corrected chi connectivity index (χ0v) is 15.7. The van der Waals surface area contributed by atoms with Gasteiger partial charge in [-0.2, -0.15) is 0 Å². The monoisotopic (exact) mass is 385 g/mol. The number of rotatable bonds is 10. The molecule has 8 nitrogen and oxygen atoms in total. The highest BCUT2D eigenvalue weighted by Crippen LogP contribution is 2.12. The van der Waals surface area contributed by atoms with Crippen molar-refractivity contribution in [3.05, 3.63) is 75.8 Å². The van der Waals surface area contributed by atoms with E-state index < -0.39 is 4.92 Å². The van der Waals surface area contributed by atoms with Crippen molar-refractivity contribution in [2.24, 2.45) is 0 Å². The molecule has 28 heavy (non-hydrogen) atoms. The quantitative estimate of drug-likeness (QED) is 0.500. The molecule has 1 N–H and O–H groups in total. The predicted octanol–water partition coefficient (Wildman–Crippen LogP) is 2.39. The third-order valence-corrected chi connectivity index (χ3v) is 4.10. The zero-order valence-electron chi connectivity index (χ0n) is 15.7. The van der Waals surface area contributed by atoms with Crippen LogP contribution in [-0.2, 0) is 16.1 Å². The van der Waals surface area contributed by atoms with Gasteiger partial charge < -0.3 is 15.0 Å². The van der Waals surface area contributed by atoms with Crippen molar-refractivity contribution in [3.8, 4) is 0 Å². The Morgan fingerprint density at radius 2 is 1.79 bits per heavy atom. The van der Waals surface area contributed by atoms with E-state index in [0.29, 0.717) is 25.3 Å². The van der Waals surface area contributed by atoms with Crippen LogP contribution in [0, 0.1) is 10.1 Å². The van der Waals surface area contributed by atoms with E-state index in [0.717, 1.165) is 5.56 Å². The van der Waals surface area contributed by atoms with Crippen LogP contribution in [0.15, 0.2) is 54.6 Å². The van der Waals surface area contributed by atoms with Crippen molar-refractivity contribution in [1.29, 1.82) is 0 Å². The molecule has 148 valence electrons. The second-order valence-electron chi connectivity index (χ2n) is 6.10. The highest BCUT2D eigenvalue weighted by molar-refractivity contribution is 5.94.